The van der Waals surface area contributed by atoms with Crippen LogP contribution in [0.15, 0.2) is 48.5 Å². The number of methoxy groups -OCH3 is 1. The van der Waals surface area contributed by atoms with Crippen LogP contribution in [0.3, 0.4) is 0 Å². The first kappa shape index (κ1) is 27.4. The Morgan fingerprint density at radius 2 is 1.71 bits per heavy atom. The van der Waals surface area contributed by atoms with Crippen LogP contribution in [0.1, 0.15) is 71.1 Å². The third-order valence-electron chi connectivity index (χ3n) is 6.01. The lowest BCUT2D eigenvalue weighted by Crippen LogP contribution is -2.49. The lowest BCUT2D eigenvalue weighted by Gasteiger charge is -2.31. The Kier molecular flexibility index (Phi) is 10.2. The highest BCUT2D eigenvalue weighted by atomic mass is 16.5. The zero-order chi connectivity index (χ0) is 25.3. The van der Waals surface area contributed by atoms with Gasteiger partial charge in [0.25, 0.3) is 0 Å². The molecule has 0 saturated heterocycles. The maximum atomic E-state index is 13.5. The Hall–Kier alpha value is -2.82. The molecule has 1 N–H and O–H groups in total. The van der Waals surface area contributed by atoms with Crippen molar-refractivity contribution in [2.45, 2.75) is 78.8 Å². The van der Waals surface area contributed by atoms with Gasteiger partial charge in [-0.2, -0.15) is 0 Å². The number of ether oxygens (including phenoxy) is 1. The molecule has 186 valence electrons. The number of hydrogen-bond acceptors (Lipinski definition) is 3. The van der Waals surface area contributed by atoms with Crippen LogP contribution in [0.5, 0.6) is 5.75 Å². The van der Waals surface area contributed by atoms with Crippen LogP contribution < -0.4 is 10.1 Å². The van der Waals surface area contributed by atoms with Gasteiger partial charge in [-0.15, -0.1) is 0 Å². The molecule has 5 nitrogen and oxygen atoms in total. The molecule has 0 bridgehead atoms. The second-order valence-corrected chi connectivity index (χ2v) is 10.4. The van der Waals surface area contributed by atoms with E-state index in [1.54, 1.807) is 12.0 Å². The van der Waals surface area contributed by atoms with E-state index in [2.05, 4.69) is 64.2 Å². The standard InChI is InChI=1S/C29H42N2O3/c1-8-26(28(33)30-19-21(2)3)31(20-23-10-9-11-25(18-23)34-7)27(32)17-14-22-12-15-24(16-13-22)29(4,5)6/h9-13,15-16,18,21,26H,8,14,17,19-20H2,1-7H3,(H,30,33). The van der Waals surface area contributed by atoms with Gasteiger partial charge in [0.05, 0.1) is 7.11 Å². The number of hydrogen-bond donors (Lipinski definition) is 1. The van der Waals surface area contributed by atoms with E-state index < -0.39 is 6.04 Å². The Morgan fingerprint density at radius 1 is 1.03 bits per heavy atom. The molecule has 2 amide bonds. The smallest absolute Gasteiger partial charge is 0.242 e. The molecule has 2 aromatic rings. The van der Waals surface area contributed by atoms with Crippen molar-refractivity contribution in [2.24, 2.45) is 5.92 Å². The Morgan fingerprint density at radius 3 is 2.26 bits per heavy atom. The number of carbonyl (C=O) groups excluding carboxylic acids is 2. The van der Waals surface area contributed by atoms with E-state index in [9.17, 15) is 9.59 Å². The normalized spacial score (nSPS) is 12.4. The highest BCUT2D eigenvalue weighted by molar-refractivity contribution is 5.87. The van der Waals surface area contributed by atoms with Crippen molar-refractivity contribution >= 4 is 11.8 Å². The topological polar surface area (TPSA) is 58.6 Å². The second-order valence-electron chi connectivity index (χ2n) is 10.4. The molecule has 0 spiro atoms. The summed E-state index contributed by atoms with van der Waals surface area (Å²) in [6, 6.07) is 15.7. The summed E-state index contributed by atoms with van der Waals surface area (Å²) in [5, 5.41) is 3.01. The molecule has 2 aromatic carbocycles. The number of aryl methyl sites for hydroxylation is 1. The van der Waals surface area contributed by atoms with E-state index in [4.69, 9.17) is 4.74 Å². The van der Waals surface area contributed by atoms with Crippen LogP contribution >= 0.6 is 0 Å². The van der Waals surface area contributed by atoms with Crippen LogP contribution in [0, 0.1) is 5.92 Å². The molecule has 2 rings (SSSR count). The molecule has 1 unspecified atom stereocenters. The molecule has 0 aliphatic carbocycles. The summed E-state index contributed by atoms with van der Waals surface area (Å²) in [7, 11) is 1.63. The van der Waals surface area contributed by atoms with Crippen LogP contribution in [0.25, 0.3) is 0 Å². The highest BCUT2D eigenvalue weighted by Crippen LogP contribution is 2.23. The summed E-state index contributed by atoms with van der Waals surface area (Å²) in [4.78, 5) is 28.2. The minimum absolute atomic E-state index is 0.0192. The quantitative estimate of drug-likeness (QED) is 0.475. The van der Waals surface area contributed by atoms with E-state index in [1.807, 2.05) is 31.2 Å². The van der Waals surface area contributed by atoms with E-state index >= 15 is 0 Å². The lowest BCUT2D eigenvalue weighted by molar-refractivity contribution is -0.141. The molecule has 34 heavy (non-hydrogen) atoms. The monoisotopic (exact) mass is 466 g/mol. The summed E-state index contributed by atoms with van der Waals surface area (Å²) in [6.07, 6.45) is 1.55. The van der Waals surface area contributed by atoms with Gasteiger partial charge >= 0.3 is 0 Å². The number of nitrogens with one attached hydrogen (secondary N) is 1. The van der Waals surface area contributed by atoms with Gasteiger partial charge in [-0.1, -0.05) is 77.9 Å². The van der Waals surface area contributed by atoms with Crippen molar-refractivity contribution < 1.29 is 14.3 Å². The number of benzene rings is 2. The van der Waals surface area contributed by atoms with Crippen LogP contribution in [0.4, 0.5) is 0 Å². The molecule has 0 aliphatic rings. The summed E-state index contributed by atoms with van der Waals surface area (Å²) in [5.41, 5.74) is 3.44. The molecular formula is C29H42N2O3. The van der Waals surface area contributed by atoms with E-state index in [0.717, 1.165) is 16.9 Å². The first-order valence-corrected chi connectivity index (χ1v) is 12.3. The van der Waals surface area contributed by atoms with E-state index in [-0.39, 0.29) is 17.2 Å². The van der Waals surface area contributed by atoms with Gasteiger partial charge in [0, 0.05) is 19.5 Å². The van der Waals surface area contributed by atoms with Gasteiger partial charge in [-0.3, -0.25) is 9.59 Å². The molecule has 0 saturated carbocycles. The molecule has 0 aromatic heterocycles. The van der Waals surface area contributed by atoms with Crippen molar-refractivity contribution in [2.75, 3.05) is 13.7 Å². The van der Waals surface area contributed by atoms with Crippen LogP contribution in [0.2, 0.25) is 0 Å². The third kappa shape index (κ3) is 8.19. The van der Waals surface area contributed by atoms with E-state index in [1.165, 1.54) is 5.56 Å². The van der Waals surface area contributed by atoms with Gasteiger partial charge in [0.1, 0.15) is 11.8 Å². The fourth-order valence-corrected chi connectivity index (χ4v) is 3.88. The molecule has 5 heteroatoms. The van der Waals surface area contributed by atoms with Crippen molar-refractivity contribution in [3.63, 3.8) is 0 Å². The minimum Gasteiger partial charge on any atom is -0.497 e. The maximum Gasteiger partial charge on any atom is 0.242 e. The maximum absolute atomic E-state index is 13.5. The zero-order valence-corrected chi connectivity index (χ0v) is 22.0. The number of nitrogens with zero attached hydrogens (tertiary/aromatic N) is 1. The van der Waals surface area contributed by atoms with Gasteiger partial charge in [0.2, 0.25) is 11.8 Å². The molecule has 0 heterocycles. The summed E-state index contributed by atoms with van der Waals surface area (Å²) < 4.78 is 5.35. The van der Waals surface area contributed by atoms with Crippen LogP contribution in [-0.2, 0) is 28.0 Å². The molecule has 0 aliphatic heterocycles. The predicted molar refractivity (Wildman–Crippen MR) is 139 cm³/mol. The van der Waals surface area contributed by atoms with Crippen LogP contribution in [-0.4, -0.2) is 36.4 Å². The fraction of sp³-hybridized carbons (Fsp3) is 0.517. The molecule has 0 radical (unpaired) electrons. The summed E-state index contributed by atoms with van der Waals surface area (Å²) >= 11 is 0. The van der Waals surface area contributed by atoms with Gasteiger partial charge < -0.3 is 15.0 Å². The largest absolute Gasteiger partial charge is 0.497 e. The number of rotatable bonds is 11. The van der Waals surface area contributed by atoms with Gasteiger partial charge in [-0.05, 0) is 53.0 Å². The predicted octanol–water partition coefficient (Wildman–Crippen LogP) is 5.50. The Labute approximate surface area is 205 Å². The van der Waals surface area contributed by atoms with Crippen molar-refractivity contribution in [1.29, 1.82) is 0 Å². The third-order valence-corrected chi connectivity index (χ3v) is 6.01. The average molecular weight is 467 g/mol. The molecule has 0 fully saturated rings. The average Bonchev–Trinajstić information content (AvgIpc) is 2.80. The summed E-state index contributed by atoms with van der Waals surface area (Å²) in [5.74, 6) is 0.970. The van der Waals surface area contributed by atoms with Crippen molar-refractivity contribution in [1.82, 2.24) is 10.2 Å². The van der Waals surface area contributed by atoms with Gasteiger partial charge in [-0.25, -0.2) is 0 Å². The fourth-order valence-electron chi connectivity index (χ4n) is 3.88. The summed E-state index contributed by atoms with van der Waals surface area (Å²) in [6.45, 7) is 13.6. The SMILES string of the molecule is CCC(C(=O)NCC(C)C)N(Cc1cccc(OC)c1)C(=O)CCc1ccc(C(C)(C)C)cc1. The van der Waals surface area contributed by atoms with Crippen molar-refractivity contribution in [3.8, 4) is 5.75 Å². The number of carbonyl (C=O) groups is 2. The Bertz CT molecular complexity index is 929. The van der Waals surface area contributed by atoms with Gasteiger partial charge in [0.15, 0.2) is 0 Å². The highest BCUT2D eigenvalue weighted by Gasteiger charge is 2.28. The molecule has 1 atom stereocenters. The molecular weight excluding hydrogens is 424 g/mol. The second kappa shape index (κ2) is 12.6. The first-order chi connectivity index (χ1) is 16.0. The van der Waals surface area contributed by atoms with E-state index in [0.29, 0.717) is 38.3 Å². The first-order valence-electron chi connectivity index (χ1n) is 12.3. The minimum atomic E-state index is -0.513. The van der Waals surface area contributed by atoms with Crippen molar-refractivity contribution in [3.05, 3.63) is 65.2 Å². The Balaban J connectivity index is 2.20. The lowest BCUT2D eigenvalue weighted by atomic mass is 9.86. The number of amides is 2. The zero-order valence-electron chi connectivity index (χ0n) is 22.0.